The molecule has 2 rings (SSSR count). The molecule has 3 N–H and O–H groups in total. The monoisotopic (exact) mass is 306 g/mol. The zero-order valence-electron chi connectivity index (χ0n) is 11.0. The van der Waals surface area contributed by atoms with Crippen LogP contribution in [0.25, 0.3) is 0 Å². The topological polar surface area (TPSA) is 108 Å². The third kappa shape index (κ3) is 4.92. The van der Waals surface area contributed by atoms with Crippen LogP contribution in [0.1, 0.15) is 5.56 Å². The predicted molar refractivity (Wildman–Crippen MR) is 76.8 cm³/mol. The third-order valence-corrected chi connectivity index (χ3v) is 3.53. The molecule has 0 radical (unpaired) electrons. The van der Waals surface area contributed by atoms with Crippen molar-refractivity contribution >= 4 is 23.6 Å². The fraction of sp³-hybridized carbons (Fsp3) is 0.231. The molecule has 110 valence electrons. The van der Waals surface area contributed by atoms with Gasteiger partial charge in [0.25, 0.3) is 0 Å². The van der Waals surface area contributed by atoms with E-state index in [1.54, 1.807) is 0 Å². The Morgan fingerprint density at radius 3 is 2.71 bits per heavy atom. The van der Waals surface area contributed by atoms with Crippen LogP contribution >= 0.6 is 11.8 Å². The van der Waals surface area contributed by atoms with Crippen molar-refractivity contribution in [3.8, 4) is 0 Å². The van der Waals surface area contributed by atoms with E-state index in [1.165, 1.54) is 6.33 Å². The van der Waals surface area contributed by atoms with Crippen LogP contribution in [0.5, 0.6) is 0 Å². The Morgan fingerprint density at radius 2 is 2.10 bits per heavy atom. The molecule has 1 aromatic carbocycles. The van der Waals surface area contributed by atoms with E-state index in [1.807, 2.05) is 30.3 Å². The lowest BCUT2D eigenvalue weighted by Gasteiger charge is -2.14. The number of nitrogens with zero attached hydrogens (tertiary/aromatic N) is 2. The van der Waals surface area contributed by atoms with Crippen LogP contribution in [-0.4, -0.2) is 44.0 Å². The molecule has 2 aromatic rings. The van der Waals surface area contributed by atoms with Crippen molar-refractivity contribution in [2.75, 3.05) is 5.75 Å². The maximum Gasteiger partial charge on any atom is 0.326 e. The quantitative estimate of drug-likeness (QED) is 0.650. The fourth-order valence-electron chi connectivity index (χ4n) is 1.68. The zero-order valence-corrected chi connectivity index (χ0v) is 11.8. The number of aromatic nitrogens is 3. The summed E-state index contributed by atoms with van der Waals surface area (Å²) in [6.07, 6.45) is 1.59. The van der Waals surface area contributed by atoms with Crippen LogP contribution in [0.15, 0.2) is 41.8 Å². The summed E-state index contributed by atoms with van der Waals surface area (Å²) in [5.74, 6) is -1.34. The number of H-pyrrole nitrogens is 1. The molecule has 1 aromatic heterocycles. The highest BCUT2D eigenvalue weighted by atomic mass is 32.2. The number of rotatable bonds is 7. The standard InChI is InChI=1S/C13H14N4O3S/c18-11(7-21-13-14-8-15-17-13)16-10(12(19)20)6-9-4-2-1-3-5-9/h1-5,8,10H,6-7H2,(H,16,18)(H,19,20)(H,14,15,17). The lowest BCUT2D eigenvalue weighted by atomic mass is 10.1. The molecular formula is C13H14N4O3S. The number of aromatic amines is 1. The van der Waals surface area contributed by atoms with Gasteiger partial charge in [-0.3, -0.25) is 9.89 Å². The summed E-state index contributed by atoms with van der Waals surface area (Å²) in [5, 5.41) is 18.5. The summed E-state index contributed by atoms with van der Waals surface area (Å²) in [6.45, 7) is 0. The molecular weight excluding hydrogens is 292 g/mol. The van der Waals surface area contributed by atoms with E-state index in [0.717, 1.165) is 17.3 Å². The molecule has 0 spiro atoms. The molecule has 0 saturated heterocycles. The van der Waals surface area contributed by atoms with Crippen molar-refractivity contribution in [2.24, 2.45) is 0 Å². The molecule has 0 fully saturated rings. The summed E-state index contributed by atoms with van der Waals surface area (Å²) < 4.78 is 0. The second kappa shape index (κ2) is 7.44. The van der Waals surface area contributed by atoms with E-state index >= 15 is 0 Å². The molecule has 0 aliphatic rings. The van der Waals surface area contributed by atoms with Gasteiger partial charge in [0.05, 0.1) is 5.75 Å². The molecule has 0 bridgehead atoms. The predicted octanol–water partition coefficient (Wildman–Crippen LogP) is 0.709. The van der Waals surface area contributed by atoms with Gasteiger partial charge in [-0.1, -0.05) is 42.1 Å². The highest BCUT2D eigenvalue weighted by Gasteiger charge is 2.20. The number of aliphatic carboxylic acids is 1. The van der Waals surface area contributed by atoms with Gasteiger partial charge in [-0.25, -0.2) is 9.78 Å². The number of nitrogens with one attached hydrogen (secondary N) is 2. The molecule has 1 unspecified atom stereocenters. The van der Waals surface area contributed by atoms with Crippen LogP contribution in [0.4, 0.5) is 0 Å². The van der Waals surface area contributed by atoms with Gasteiger partial charge in [0.1, 0.15) is 12.4 Å². The van der Waals surface area contributed by atoms with Crippen LogP contribution in [0.2, 0.25) is 0 Å². The molecule has 1 heterocycles. The van der Waals surface area contributed by atoms with E-state index in [4.69, 9.17) is 0 Å². The first-order chi connectivity index (χ1) is 10.1. The third-order valence-electron chi connectivity index (χ3n) is 2.65. The van der Waals surface area contributed by atoms with Crippen molar-refractivity contribution in [1.82, 2.24) is 20.5 Å². The first kappa shape index (κ1) is 15.0. The van der Waals surface area contributed by atoms with Gasteiger partial charge in [0.2, 0.25) is 5.91 Å². The van der Waals surface area contributed by atoms with E-state index in [9.17, 15) is 14.7 Å². The number of amides is 1. The summed E-state index contributed by atoms with van der Waals surface area (Å²) in [6, 6.07) is 8.21. The first-order valence-corrected chi connectivity index (χ1v) is 7.18. The molecule has 7 nitrogen and oxygen atoms in total. The van der Waals surface area contributed by atoms with Crippen molar-refractivity contribution in [1.29, 1.82) is 0 Å². The van der Waals surface area contributed by atoms with Gasteiger partial charge in [0, 0.05) is 6.42 Å². The number of carbonyl (C=O) groups is 2. The minimum Gasteiger partial charge on any atom is -0.480 e. The average Bonchev–Trinajstić information content (AvgIpc) is 2.99. The van der Waals surface area contributed by atoms with Crippen LogP contribution in [-0.2, 0) is 16.0 Å². The van der Waals surface area contributed by atoms with Crippen LogP contribution < -0.4 is 5.32 Å². The van der Waals surface area contributed by atoms with Gasteiger partial charge in [-0.05, 0) is 5.56 Å². The zero-order chi connectivity index (χ0) is 15.1. The molecule has 0 aliphatic heterocycles. The fourth-order valence-corrected chi connectivity index (χ4v) is 2.27. The summed E-state index contributed by atoms with van der Waals surface area (Å²) in [7, 11) is 0. The number of thioether (sulfide) groups is 1. The maximum atomic E-state index is 11.8. The van der Waals surface area contributed by atoms with E-state index < -0.39 is 12.0 Å². The average molecular weight is 306 g/mol. The Labute approximate surface area is 125 Å². The van der Waals surface area contributed by atoms with Crippen LogP contribution in [0, 0.1) is 0 Å². The van der Waals surface area contributed by atoms with E-state index in [2.05, 4.69) is 20.5 Å². The number of benzene rings is 1. The Morgan fingerprint density at radius 1 is 1.33 bits per heavy atom. The van der Waals surface area contributed by atoms with Crippen molar-refractivity contribution in [2.45, 2.75) is 17.6 Å². The van der Waals surface area contributed by atoms with Gasteiger partial charge in [-0.15, -0.1) is 0 Å². The van der Waals surface area contributed by atoms with Crippen molar-refractivity contribution in [3.63, 3.8) is 0 Å². The highest BCUT2D eigenvalue weighted by molar-refractivity contribution is 7.99. The minimum absolute atomic E-state index is 0.0771. The summed E-state index contributed by atoms with van der Waals surface area (Å²) >= 11 is 1.16. The Hall–Kier alpha value is -2.35. The molecule has 0 aliphatic carbocycles. The minimum atomic E-state index is -1.06. The molecule has 21 heavy (non-hydrogen) atoms. The van der Waals surface area contributed by atoms with Gasteiger partial charge < -0.3 is 10.4 Å². The van der Waals surface area contributed by atoms with E-state index in [-0.39, 0.29) is 18.1 Å². The number of carboxylic acid groups (broad SMARTS) is 1. The normalized spacial score (nSPS) is 11.8. The Bertz CT molecular complexity index is 589. The Balaban J connectivity index is 1.87. The summed E-state index contributed by atoms with van der Waals surface area (Å²) in [5.41, 5.74) is 0.855. The second-order valence-corrected chi connectivity index (χ2v) is 5.19. The van der Waals surface area contributed by atoms with E-state index in [0.29, 0.717) is 5.16 Å². The molecule has 0 saturated carbocycles. The van der Waals surface area contributed by atoms with Gasteiger partial charge in [-0.2, -0.15) is 5.10 Å². The van der Waals surface area contributed by atoms with Crippen LogP contribution in [0.3, 0.4) is 0 Å². The molecule has 1 atom stereocenters. The number of hydrogen-bond donors (Lipinski definition) is 3. The second-order valence-electron chi connectivity index (χ2n) is 4.23. The first-order valence-electron chi connectivity index (χ1n) is 6.19. The lowest BCUT2D eigenvalue weighted by Crippen LogP contribution is -2.43. The van der Waals surface area contributed by atoms with Crippen molar-refractivity contribution in [3.05, 3.63) is 42.2 Å². The largest absolute Gasteiger partial charge is 0.480 e. The summed E-state index contributed by atoms with van der Waals surface area (Å²) in [4.78, 5) is 26.9. The highest BCUT2D eigenvalue weighted by Crippen LogP contribution is 2.10. The number of carboxylic acids is 1. The molecule has 8 heteroatoms. The number of carbonyl (C=O) groups excluding carboxylic acids is 1. The Kier molecular flexibility index (Phi) is 5.33. The smallest absolute Gasteiger partial charge is 0.326 e. The SMILES string of the molecule is O=C(CSc1ncn[nH]1)NC(Cc1ccccc1)C(=O)O. The van der Waals surface area contributed by atoms with Crippen molar-refractivity contribution < 1.29 is 14.7 Å². The maximum absolute atomic E-state index is 11.8. The number of hydrogen-bond acceptors (Lipinski definition) is 5. The van der Waals surface area contributed by atoms with Gasteiger partial charge in [0.15, 0.2) is 5.16 Å². The molecule has 1 amide bonds. The van der Waals surface area contributed by atoms with Gasteiger partial charge >= 0.3 is 5.97 Å². The lowest BCUT2D eigenvalue weighted by molar-refractivity contribution is -0.141.